The molecular formula is C6H19NP+. The van der Waals surface area contributed by atoms with Gasteiger partial charge in [0, 0.05) is 0 Å². The van der Waals surface area contributed by atoms with Crippen molar-refractivity contribution in [2.45, 2.75) is 0 Å². The average Bonchev–Trinajstić information content (AvgIpc) is 1.27. The molecule has 0 aromatic carbocycles. The molecule has 0 heterocycles. The normalized spacial score (nSPS) is 18.1. The first kappa shape index (κ1) is 8.39. The fourth-order valence-electron chi connectivity index (χ4n) is 0. The summed E-state index contributed by atoms with van der Waals surface area (Å²) in [4.78, 5) is 0. The van der Waals surface area contributed by atoms with Gasteiger partial charge in [-0.1, -0.05) is 0 Å². The molecule has 52 valence electrons. The van der Waals surface area contributed by atoms with Crippen molar-refractivity contribution in [2.75, 3.05) is 40.8 Å². The van der Waals surface area contributed by atoms with Gasteiger partial charge < -0.3 is 0 Å². The van der Waals surface area contributed by atoms with Gasteiger partial charge in [-0.3, -0.25) is 0 Å². The van der Waals surface area contributed by atoms with E-state index in [2.05, 4.69) is 40.8 Å². The molecule has 2 heteroatoms. The van der Waals surface area contributed by atoms with Crippen molar-refractivity contribution in [1.29, 1.82) is 0 Å². The molecule has 0 aromatic heterocycles. The Morgan fingerprint density at radius 3 is 1.00 bits per heavy atom. The summed E-state index contributed by atoms with van der Waals surface area (Å²) in [5.74, 6) is 0. The van der Waals surface area contributed by atoms with Crippen LogP contribution in [0.2, 0.25) is 0 Å². The van der Waals surface area contributed by atoms with Gasteiger partial charge in [0.15, 0.2) is 0 Å². The molecule has 0 rings (SSSR count). The van der Waals surface area contributed by atoms with Crippen LogP contribution in [0.15, 0.2) is 0 Å². The SMILES string of the molecule is C[NH+](C)P(C)(C)(C)C. The summed E-state index contributed by atoms with van der Waals surface area (Å²) in [6.07, 6.45) is 0. The first-order valence-electron chi connectivity index (χ1n) is 3.01. The van der Waals surface area contributed by atoms with Crippen LogP contribution in [0.1, 0.15) is 0 Å². The fourth-order valence-corrected chi connectivity index (χ4v) is 0. The van der Waals surface area contributed by atoms with E-state index in [0.717, 1.165) is 0 Å². The summed E-state index contributed by atoms with van der Waals surface area (Å²) in [5.41, 5.74) is 0. The molecule has 0 saturated heterocycles. The van der Waals surface area contributed by atoms with Crippen LogP contribution in [0, 0.1) is 0 Å². The zero-order valence-corrected chi connectivity index (χ0v) is 7.84. The van der Waals surface area contributed by atoms with Crippen LogP contribution in [-0.2, 0) is 0 Å². The molecule has 0 saturated carbocycles. The summed E-state index contributed by atoms with van der Waals surface area (Å²) in [6, 6.07) is 0. The zero-order chi connectivity index (χ0) is 7.02. The van der Waals surface area contributed by atoms with Crippen LogP contribution in [0.4, 0.5) is 0 Å². The van der Waals surface area contributed by atoms with Gasteiger partial charge in [0.05, 0.1) is 0 Å². The van der Waals surface area contributed by atoms with Gasteiger partial charge in [0.25, 0.3) is 0 Å². The van der Waals surface area contributed by atoms with Crippen molar-refractivity contribution in [2.24, 2.45) is 0 Å². The zero-order valence-electron chi connectivity index (χ0n) is 6.95. The molecule has 1 N–H and O–H groups in total. The number of hydrogen-bond donors (Lipinski definition) is 1. The molecule has 0 amide bonds. The molecule has 0 unspecified atom stereocenters. The summed E-state index contributed by atoms with van der Waals surface area (Å²) in [6.45, 7) is 8.24. The van der Waals surface area contributed by atoms with Gasteiger partial charge in [-0.2, -0.15) is 0 Å². The molecule has 0 aliphatic carbocycles. The molecule has 0 aromatic rings. The molecule has 0 fully saturated rings. The van der Waals surface area contributed by atoms with Crippen LogP contribution < -0.4 is 4.67 Å². The Labute approximate surface area is 53.0 Å². The van der Waals surface area contributed by atoms with Crippen molar-refractivity contribution in [3.63, 3.8) is 0 Å². The number of rotatable bonds is 1. The quantitative estimate of drug-likeness (QED) is 0.488. The Balaban J connectivity index is 4.14. The van der Waals surface area contributed by atoms with E-state index in [9.17, 15) is 0 Å². The Morgan fingerprint density at radius 1 is 0.875 bits per heavy atom. The van der Waals surface area contributed by atoms with E-state index in [4.69, 9.17) is 0 Å². The minimum absolute atomic E-state index is 1.27. The number of quaternary nitrogens is 1. The van der Waals surface area contributed by atoms with Crippen LogP contribution in [0.25, 0.3) is 0 Å². The van der Waals surface area contributed by atoms with Crippen LogP contribution >= 0.6 is 6.75 Å². The van der Waals surface area contributed by atoms with E-state index in [1.54, 1.807) is 4.67 Å². The molecule has 0 aliphatic heterocycles. The van der Waals surface area contributed by atoms with Crippen LogP contribution in [-0.4, -0.2) is 40.8 Å². The predicted molar refractivity (Wildman–Crippen MR) is 43.4 cm³/mol. The molecule has 0 spiro atoms. The Morgan fingerprint density at radius 2 is 1.00 bits per heavy atom. The van der Waals surface area contributed by atoms with Gasteiger partial charge in [0.2, 0.25) is 0 Å². The van der Waals surface area contributed by atoms with Gasteiger partial charge in [-0.05, 0) is 0 Å². The average molecular weight is 136 g/mol. The Bertz CT molecular complexity index is 79.2. The van der Waals surface area contributed by atoms with E-state index in [-0.39, 0.29) is 0 Å². The van der Waals surface area contributed by atoms with E-state index in [1.165, 1.54) is 0 Å². The van der Waals surface area contributed by atoms with E-state index >= 15 is 0 Å². The first-order chi connectivity index (χ1) is 3.20. The van der Waals surface area contributed by atoms with Crippen LogP contribution in [0.5, 0.6) is 0 Å². The summed E-state index contributed by atoms with van der Waals surface area (Å²) in [5, 5.41) is 0. The van der Waals surface area contributed by atoms with Crippen molar-refractivity contribution < 1.29 is 4.67 Å². The maximum absolute atomic E-state index is 2.38. The molecule has 0 radical (unpaired) electrons. The van der Waals surface area contributed by atoms with E-state index in [0.29, 0.717) is 0 Å². The van der Waals surface area contributed by atoms with E-state index < -0.39 is 6.75 Å². The standard InChI is InChI=1S/C6H18NP/c1-7(2)8(3,4,5)6/h1-6H3/p+1. The monoisotopic (exact) mass is 136 g/mol. The molecule has 0 atom stereocenters. The molecular weight excluding hydrogens is 117 g/mol. The topological polar surface area (TPSA) is 4.44 Å². The first-order valence-corrected chi connectivity index (χ1v) is 7.04. The maximum atomic E-state index is 2.38. The predicted octanol–water partition coefficient (Wildman–Crippen LogP) is 0.118. The second kappa shape index (κ2) is 1.68. The molecule has 8 heavy (non-hydrogen) atoms. The van der Waals surface area contributed by atoms with Crippen molar-refractivity contribution in [1.82, 2.24) is 0 Å². The Hall–Kier alpha value is 0.390. The third-order valence-electron chi connectivity index (χ3n) is 1.79. The summed E-state index contributed by atoms with van der Waals surface area (Å²) >= 11 is 0. The van der Waals surface area contributed by atoms with Gasteiger partial charge >= 0.3 is 52.2 Å². The number of nitrogens with one attached hydrogen (secondary N) is 1. The molecule has 0 aliphatic rings. The van der Waals surface area contributed by atoms with Crippen molar-refractivity contribution in [3.8, 4) is 0 Å². The second-order valence-electron chi connectivity index (χ2n) is 4.52. The molecule has 1 nitrogen and oxygen atoms in total. The van der Waals surface area contributed by atoms with Gasteiger partial charge in [-0.15, -0.1) is 0 Å². The third kappa shape index (κ3) is 2.64. The number of hydrogen-bond acceptors (Lipinski definition) is 0. The fraction of sp³-hybridized carbons (Fsp3) is 1.00. The minimum atomic E-state index is -1.27. The van der Waals surface area contributed by atoms with Crippen LogP contribution in [0.3, 0.4) is 0 Å². The van der Waals surface area contributed by atoms with E-state index in [1.807, 2.05) is 0 Å². The summed E-state index contributed by atoms with van der Waals surface area (Å²) < 4.78 is 1.61. The van der Waals surface area contributed by atoms with Gasteiger partial charge in [0.1, 0.15) is 0 Å². The summed E-state index contributed by atoms with van der Waals surface area (Å²) in [7, 11) is 4.47. The third-order valence-corrected chi connectivity index (χ3v) is 5.37. The van der Waals surface area contributed by atoms with Crippen molar-refractivity contribution in [3.05, 3.63) is 0 Å². The molecule has 0 bridgehead atoms. The van der Waals surface area contributed by atoms with Gasteiger partial charge in [-0.25, -0.2) is 0 Å². The Kier molecular flexibility index (Phi) is 1.77. The second-order valence-corrected chi connectivity index (χ2v) is 12.6. The van der Waals surface area contributed by atoms with Crippen molar-refractivity contribution >= 4 is 6.75 Å².